The number of benzene rings is 1. The first-order valence-electron chi connectivity index (χ1n) is 5.27. The van der Waals surface area contributed by atoms with Gasteiger partial charge < -0.3 is 0 Å². The molecule has 1 aliphatic heterocycles. The minimum Gasteiger partial charge on any atom is -0.228 e. The minimum atomic E-state index is -3.38. The van der Waals surface area contributed by atoms with Gasteiger partial charge in [0, 0.05) is 13.1 Å². The zero-order valence-corrected chi connectivity index (χ0v) is 10.7. The van der Waals surface area contributed by atoms with Crippen LogP contribution in [-0.4, -0.2) is 37.0 Å². The highest BCUT2D eigenvalue weighted by atomic mass is 32.2. The number of hydrogen-bond donors (Lipinski definition) is 0. The summed E-state index contributed by atoms with van der Waals surface area (Å²) in [4.78, 5) is 4.27. The van der Waals surface area contributed by atoms with E-state index < -0.39 is 10.0 Å². The summed E-state index contributed by atoms with van der Waals surface area (Å²) >= 11 is 4.53. The Balaban J connectivity index is 2.21. The molecule has 1 saturated heterocycles. The standard InChI is InChI=1S/C11H12N2O2S2/c14-17(15,11-4-2-1-3-5-11)13-7-6-10(8-13)12-9-16/h1-5,10H,6-8H2. The Kier molecular flexibility index (Phi) is 3.69. The van der Waals surface area contributed by atoms with Gasteiger partial charge in [-0.05, 0) is 30.8 Å². The Labute approximate surface area is 106 Å². The molecule has 17 heavy (non-hydrogen) atoms. The normalized spacial score (nSPS) is 21.1. The maximum absolute atomic E-state index is 12.2. The van der Waals surface area contributed by atoms with Crippen molar-refractivity contribution in [2.24, 2.45) is 4.99 Å². The molecule has 1 fully saturated rings. The zero-order chi connectivity index (χ0) is 12.3. The highest BCUT2D eigenvalue weighted by Crippen LogP contribution is 2.21. The molecule has 0 aromatic heterocycles. The van der Waals surface area contributed by atoms with E-state index in [9.17, 15) is 8.42 Å². The average molecular weight is 268 g/mol. The summed E-state index contributed by atoms with van der Waals surface area (Å²) in [5.41, 5.74) is 0. The molecule has 1 aromatic carbocycles. The SMILES string of the molecule is O=S(=O)(c1ccccc1)N1CCC(N=C=S)C1. The molecule has 1 unspecified atom stereocenters. The predicted molar refractivity (Wildman–Crippen MR) is 68.6 cm³/mol. The number of thiocarbonyl (C=S) groups is 1. The van der Waals surface area contributed by atoms with Crippen LogP contribution in [-0.2, 0) is 10.0 Å². The van der Waals surface area contributed by atoms with E-state index in [4.69, 9.17) is 0 Å². The molecule has 0 radical (unpaired) electrons. The van der Waals surface area contributed by atoms with Gasteiger partial charge in [-0.15, -0.1) is 0 Å². The van der Waals surface area contributed by atoms with Gasteiger partial charge in [-0.2, -0.15) is 4.31 Å². The van der Waals surface area contributed by atoms with Crippen molar-refractivity contribution in [3.63, 3.8) is 0 Å². The number of isothiocyanates is 1. The molecule has 0 amide bonds. The van der Waals surface area contributed by atoms with Crippen molar-refractivity contribution >= 4 is 27.4 Å². The van der Waals surface area contributed by atoms with Gasteiger partial charge in [0.1, 0.15) is 0 Å². The quantitative estimate of drug-likeness (QED) is 0.617. The predicted octanol–water partition coefficient (Wildman–Crippen LogP) is 1.55. The Morgan fingerprint density at radius 1 is 1.35 bits per heavy atom. The maximum atomic E-state index is 12.2. The number of nitrogens with zero attached hydrogens (tertiary/aromatic N) is 2. The van der Waals surface area contributed by atoms with Crippen LogP contribution in [0.15, 0.2) is 40.2 Å². The molecule has 1 aromatic rings. The largest absolute Gasteiger partial charge is 0.243 e. The molecular weight excluding hydrogens is 256 g/mol. The Morgan fingerprint density at radius 2 is 2.06 bits per heavy atom. The van der Waals surface area contributed by atoms with Crippen LogP contribution in [0.25, 0.3) is 0 Å². The lowest BCUT2D eigenvalue weighted by Crippen LogP contribution is -2.29. The third kappa shape index (κ3) is 2.61. The molecule has 0 aliphatic carbocycles. The summed E-state index contributed by atoms with van der Waals surface area (Å²) in [6.07, 6.45) is 0.704. The molecular formula is C11H12N2O2S2. The molecule has 2 rings (SSSR count). The third-order valence-corrected chi connectivity index (χ3v) is 4.73. The Morgan fingerprint density at radius 3 is 2.71 bits per heavy atom. The highest BCUT2D eigenvalue weighted by Gasteiger charge is 2.32. The van der Waals surface area contributed by atoms with Crippen LogP contribution in [0.2, 0.25) is 0 Å². The van der Waals surface area contributed by atoms with E-state index in [0.29, 0.717) is 24.4 Å². The summed E-state index contributed by atoms with van der Waals surface area (Å²) in [6, 6.07) is 8.38. The molecule has 1 aliphatic rings. The third-order valence-electron chi connectivity index (χ3n) is 2.74. The fraction of sp³-hybridized carbons (Fsp3) is 0.364. The van der Waals surface area contributed by atoms with Gasteiger partial charge in [-0.3, -0.25) is 0 Å². The van der Waals surface area contributed by atoms with Gasteiger partial charge in [0.05, 0.1) is 16.1 Å². The van der Waals surface area contributed by atoms with Gasteiger partial charge in [0.25, 0.3) is 0 Å². The van der Waals surface area contributed by atoms with Crippen molar-refractivity contribution in [3.8, 4) is 0 Å². The molecule has 0 spiro atoms. The van der Waals surface area contributed by atoms with E-state index in [1.54, 1.807) is 30.3 Å². The van der Waals surface area contributed by atoms with Crippen molar-refractivity contribution in [1.82, 2.24) is 4.31 Å². The van der Waals surface area contributed by atoms with Crippen LogP contribution in [0.1, 0.15) is 6.42 Å². The van der Waals surface area contributed by atoms with Crippen LogP contribution >= 0.6 is 12.2 Å². The smallest absolute Gasteiger partial charge is 0.228 e. The molecule has 4 nitrogen and oxygen atoms in total. The molecule has 0 N–H and O–H groups in total. The number of aliphatic imine (C=N–C) groups is 1. The van der Waals surface area contributed by atoms with Crippen LogP contribution < -0.4 is 0 Å². The van der Waals surface area contributed by atoms with E-state index in [1.807, 2.05) is 0 Å². The number of hydrogen-bond acceptors (Lipinski definition) is 4. The summed E-state index contributed by atoms with van der Waals surface area (Å²) in [6.45, 7) is 0.878. The first kappa shape index (κ1) is 12.4. The monoisotopic (exact) mass is 268 g/mol. The average Bonchev–Trinajstić information content (AvgIpc) is 2.80. The van der Waals surface area contributed by atoms with Crippen molar-refractivity contribution < 1.29 is 8.42 Å². The first-order chi connectivity index (χ1) is 8.14. The maximum Gasteiger partial charge on any atom is 0.243 e. The Bertz CT molecular complexity index is 536. The lowest BCUT2D eigenvalue weighted by molar-refractivity contribution is 0.473. The van der Waals surface area contributed by atoms with Gasteiger partial charge in [0.2, 0.25) is 10.0 Å². The highest BCUT2D eigenvalue weighted by molar-refractivity contribution is 7.89. The van der Waals surface area contributed by atoms with Gasteiger partial charge in [-0.1, -0.05) is 18.2 Å². The molecule has 1 atom stereocenters. The van der Waals surface area contributed by atoms with Crippen LogP contribution in [0, 0.1) is 0 Å². The fourth-order valence-corrected chi connectivity index (χ4v) is 3.51. The number of rotatable bonds is 3. The fourth-order valence-electron chi connectivity index (χ4n) is 1.85. The molecule has 1 heterocycles. The second-order valence-electron chi connectivity index (χ2n) is 3.84. The lowest BCUT2D eigenvalue weighted by Gasteiger charge is -2.15. The van der Waals surface area contributed by atoms with Crippen LogP contribution in [0.5, 0.6) is 0 Å². The first-order valence-corrected chi connectivity index (χ1v) is 7.11. The van der Waals surface area contributed by atoms with Crippen molar-refractivity contribution in [3.05, 3.63) is 30.3 Å². The zero-order valence-electron chi connectivity index (χ0n) is 9.11. The molecule has 90 valence electrons. The lowest BCUT2D eigenvalue weighted by atomic mass is 10.3. The minimum absolute atomic E-state index is 0.0500. The van der Waals surface area contributed by atoms with E-state index >= 15 is 0 Å². The summed E-state index contributed by atoms with van der Waals surface area (Å²) in [5.74, 6) is 0. The van der Waals surface area contributed by atoms with Gasteiger partial charge in [-0.25, -0.2) is 13.4 Å². The summed E-state index contributed by atoms with van der Waals surface area (Å²) in [5, 5.41) is 2.31. The summed E-state index contributed by atoms with van der Waals surface area (Å²) in [7, 11) is -3.38. The van der Waals surface area contributed by atoms with E-state index in [-0.39, 0.29) is 6.04 Å². The summed E-state index contributed by atoms with van der Waals surface area (Å²) < 4.78 is 25.9. The van der Waals surface area contributed by atoms with Crippen LogP contribution in [0.3, 0.4) is 0 Å². The number of sulfonamides is 1. The topological polar surface area (TPSA) is 49.7 Å². The van der Waals surface area contributed by atoms with Crippen molar-refractivity contribution in [2.45, 2.75) is 17.4 Å². The van der Waals surface area contributed by atoms with Gasteiger partial charge >= 0.3 is 0 Å². The van der Waals surface area contributed by atoms with E-state index in [0.717, 1.165) is 0 Å². The second kappa shape index (κ2) is 5.06. The molecule has 0 bridgehead atoms. The van der Waals surface area contributed by atoms with Crippen molar-refractivity contribution in [2.75, 3.05) is 13.1 Å². The van der Waals surface area contributed by atoms with Crippen LogP contribution in [0.4, 0.5) is 0 Å². The van der Waals surface area contributed by atoms with Crippen molar-refractivity contribution in [1.29, 1.82) is 0 Å². The Hall–Kier alpha value is -1.07. The second-order valence-corrected chi connectivity index (χ2v) is 5.96. The van der Waals surface area contributed by atoms with E-state index in [1.165, 1.54) is 4.31 Å². The van der Waals surface area contributed by atoms with Gasteiger partial charge in [0.15, 0.2) is 0 Å². The van der Waals surface area contributed by atoms with E-state index in [2.05, 4.69) is 22.4 Å². The molecule has 0 saturated carbocycles. The molecule has 6 heteroatoms.